The Hall–Kier alpha value is -3.17. The number of nitrogens with zero attached hydrogens (tertiary/aromatic N) is 1. The van der Waals surface area contributed by atoms with E-state index in [1.54, 1.807) is 30.3 Å². The normalized spacial score (nSPS) is 15.1. The molecule has 2 aromatic rings. The highest BCUT2D eigenvalue weighted by molar-refractivity contribution is 6.39. The van der Waals surface area contributed by atoms with E-state index in [9.17, 15) is 14.0 Å². The van der Waals surface area contributed by atoms with Gasteiger partial charge < -0.3 is 24.8 Å². The summed E-state index contributed by atoms with van der Waals surface area (Å²) < 4.78 is 29.1. The zero-order valence-corrected chi connectivity index (χ0v) is 17.5. The number of nitrogens with one attached hydrogen (secondary N) is 2. The van der Waals surface area contributed by atoms with Gasteiger partial charge in [-0.05, 0) is 29.8 Å². The predicted octanol–water partition coefficient (Wildman–Crippen LogP) is 1.97. The minimum Gasteiger partial charge on any atom is -0.497 e. The molecule has 0 radical (unpaired) electrons. The summed E-state index contributed by atoms with van der Waals surface area (Å²) in [5, 5.41) is 5.23. The van der Waals surface area contributed by atoms with E-state index in [0.717, 1.165) is 5.56 Å². The number of morpholine rings is 1. The molecule has 2 amide bonds. The van der Waals surface area contributed by atoms with Crippen LogP contribution in [0.15, 0.2) is 42.5 Å². The van der Waals surface area contributed by atoms with Gasteiger partial charge in [-0.15, -0.1) is 0 Å². The molecule has 2 N–H and O–H groups in total. The van der Waals surface area contributed by atoms with Crippen LogP contribution >= 0.6 is 0 Å². The zero-order chi connectivity index (χ0) is 22.2. The molecular weight excluding hydrogens is 405 g/mol. The molecule has 0 spiro atoms. The molecule has 1 atom stereocenters. The van der Waals surface area contributed by atoms with Crippen LogP contribution in [0.3, 0.4) is 0 Å². The smallest absolute Gasteiger partial charge is 0.313 e. The number of carbonyl (C=O) groups excluding carboxylic acids is 2. The third kappa shape index (κ3) is 5.93. The number of ether oxygens (including phenoxy) is 3. The maximum absolute atomic E-state index is 13.4. The van der Waals surface area contributed by atoms with Crippen molar-refractivity contribution in [3.8, 4) is 11.5 Å². The lowest BCUT2D eigenvalue weighted by Gasteiger charge is -2.34. The van der Waals surface area contributed by atoms with E-state index in [0.29, 0.717) is 43.5 Å². The van der Waals surface area contributed by atoms with Crippen molar-refractivity contribution in [2.24, 2.45) is 0 Å². The number of methoxy groups -OCH3 is 2. The number of rotatable bonds is 7. The Balaban J connectivity index is 1.67. The Bertz CT molecular complexity index is 901. The van der Waals surface area contributed by atoms with Gasteiger partial charge in [0.1, 0.15) is 17.3 Å². The van der Waals surface area contributed by atoms with Crippen LogP contribution in [-0.4, -0.2) is 63.8 Å². The number of carbonyl (C=O) groups is 2. The van der Waals surface area contributed by atoms with Crippen molar-refractivity contribution in [3.05, 3.63) is 53.8 Å². The monoisotopic (exact) mass is 431 g/mol. The van der Waals surface area contributed by atoms with Gasteiger partial charge in [0.05, 0.1) is 39.2 Å². The van der Waals surface area contributed by atoms with Gasteiger partial charge in [-0.1, -0.05) is 12.1 Å². The molecule has 0 aliphatic carbocycles. The Morgan fingerprint density at radius 3 is 2.42 bits per heavy atom. The fraction of sp³-hybridized carbons (Fsp3) is 0.364. The first-order valence-electron chi connectivity index (χ1n) is 9.90. The van der Waals surface area contributed by atoms with Crippen LogP contribution in [-0.2, 0) is 14.3 Å². The summed E-state index contributed by atoms with van der Waals surface area (Å²) in [4.78, 5) is 27.1. The average molecular weight is 431 g/mol. The van der Waals surface area contributed by atoms with E-state index in [4.69, 9.17) is 14.2 Å². The van der Waals surface area contributed by atoms with Gasteiger partial charge in [0.15, 0.2) is 0 Å². The summed E-state index contributed by atoms with van der Waals surface area (Å²) in [7, 11) is 2.97. The molecule has 31 heavy (non-hydrogen) atoms. The second-order valence-electron chi connectivity index (χ2n) is 6.95. The van der Waals surface area contributed by atoms with Crippen LogP contribution in [0.1, 0.15) is 11.6 Å². The van der Waals surface area contributed by atoms with Crippen LogP contribution in [0.2, 0.25) is 0 Å². The second-order valence-corrected chi connectivity index (χ2v) is 6.95. The first-order chi connectivity index (χ1) is 15.0. The zero-order valence-electron chi connectivity index (χ0n) is 17.5. The Morgan fingerprint density at radius 1 is 1.06 bits per heavy atom. The van der Waals surface area contributed by atoms with Crippen molar-refractivity contribution in [1.82, 2.24) is 10.2 Å². The van der Waals surface area contributed by atoms with Crippen LogP contribution in [0.5, 0.6) is 11.5 Å². The van der Waals surface area contributed by atoms with Gasteiger partial charge in [0.2, 0.25) is 0 Å². The number of halogens is 1. The van der Waals surface area contributed by atoms with E-state index >= 15 is 0 Å². The van der Waals surface area contributed by atoms with Gasteiger partial charge in [0.25, 0.3) is 0 Å². The van der Waals surface area contributed by atoms with E-state index in [1.807, 2.05) is 0 Å². The van der Waals surface area contributed by atoms with Crippen molar-refractivity contribution < 1.29 is 28.2 Å². The lowest BCUT2D eigenvalue weighted by molar-refractivity contribution is -0.136. The molecule has 166 valence electrons. The fourth-order valence-electron chi connectivity index (χ4n) is 3.39. The highest BCUT2D eigenvalue weighted by Gasteiger charge is 2.25. The largest absolute Gasteiger partial charge is 0.497 e. The minimum atomic E-state index is -0.827. The fourth-order valence-corrected chi connectivity index (χ4v) is 3.39. The molecule has 9 heteroatoms. The number of hydrogen-bond donors (Lipinski definition) is 2. The molecule has 1 heterocycles. The molecule has 8 nitrogen and oxygen atoms in total. The molecule has 1 fully saturated rings. The number of amides is 2. The molecule has 1 aliphatic heterocycles. The molecule has 0 saturated carbocycles. The average Bonchev–Trinajstić information content (AvgIpc) is 2.80. The number of hydrogen-bond acceptors (Lipinski definition) is 6. The summed E-state index contributed by atoms with van der Waals surface area (Å²) in [6.07, 6.45) is 0. The van der Waals surface area contributed by atoms with E-state index < -0.39 is 11.8 Å². The maximum Gasteiger partial charge on any atom is 0.313 e. The molecular formula is C22H26FN3O5. The summed E-state index contributed by atoms with van der Waals surface area (Å²) in [5.41, 5.74) is 1.17. The minimum absolute atomic E-state index is 0.188. The molecule has 0 aromatic heterocycles. The highest BCUT2D eigenvalue weighted by Crippen LogP contribution is 2.29. The van der Waals surface area contributed by atoms with Crippen LogP contribution < -0.4 is 20.1 Å². The van der Waals surface area contributed by atoms with Crippen molar-refractivity contribution in [2.45, 2.75) is 6.04 Å². The predicted molar refractivity (Wildman–Crippen MR) is 113 cm³/mol. The van der Waals surface area contributed by atoms with Crippen LogP contribution in [0.25, 0.3) is 0 Å². The van der Waals surface area contributed by atoms with E-state index in [-0.39, 0.29) is 18.4 Å². The number of anilines is 1. The lowest BCUT2D eigenvalue weighted by Crippen LogP contribution is -2.45. The van der Waals surface area contributed by atoms with Crippen molar-refractivity contribution in [3.63, 3.8) is 0 Å². The van der Waals surface area contributed by atoms with E-state index in [1.165, 1.54) is 26.4 Å². The summed E-state index contributed by atoms with van der Waals surface area (Å²) in [5.74, 6) is -1.03. The van der Waals surface area contributed by atoms with Crippen molar-refractivity contribution >= 4 is 17.5 Å². The topological polar surface area (TPSA) is 89.1 Å². The quantitative estimate of drug-likeness (QED) is 0.652. The molecule has 0 bridgehead atoms. The second kappa shape index (κ2) is 10.7. The van der Waals surface area contributed by atoms with Gasteiger partial charge >= 0.3 is 11.8 Å². The van der Waals surface area contributed by atoms with E-state index in [2.05, 4.69) is 15.5 Å². The third-order valence-electron chi connectivity index (χ3n) is 5.06. The van der Waals surface area contributed by atoms with Crippen molar-refractivity contribution in [2.75, 3.05) is 52.4 Å². The first-order valence-corrected chi connectivity index (χ1v) is 9.90. The molecule has 1 unspecified atom stereocenters. The first kappa shape index (κ1) is 22.5. The Kier molecular flexibility index (Phi) is 7.80. The summed E-state index contributed by atoms with van der Waals surface area (Å²) in [6.45, 7) is 2.67. The highest BCUT2D eigenvalue weighted by atomic mass is 19.1. The van der Waals surface area contributed by atoms with Crippen LogP contribution in [0, 0.1) is 5.82 Å². The molecule has 2 aromatic carbocycles. The van der Waals surface area contributed by atoms with Crippen molar-refractivity contribution in [1.29, 1.82) is 0 Å². The van der Waals surface area contributed by atoms with Crippen LogP contribution in [0.4, 0.5) is 10.1 Å². The summed E-state index contributed by atoms with van der Waals surface area (Å²) >= 11 is 0. The molecule has 3 rings (SSSR count). The molecule has 1 aliphatic rings. The summed E-state index contributed by atoms with van der Waals surface area (Å²) in [6, 6.07) is 10.8. The lowest BCUT2D eigenvalue weighted by atomic mass is 10.0. The van der Waals surface area contributed by atoms with Gasteiger partial charge in [0, 0.05) is 25.7 Å². The maximum atomic E-state index is 13.4. The Labute approximate surface area is 180 Å². The Morgan fingerprint density at radius 2 is 1.77 bits per heavy atom. The van der Waals surface area contributed by atoms with Gasteiger partial charge in [-0.3, -0.25) is 14.5 Å². The number of benzene rings is 2. The standard InChI is InChI=1S/C22H26FN3O5/c1-29-17-7-8-20(30-2)18(13-17)25-22(28)21(27)24-14-19(26-9-11-31-12-10-26)15-3-5-16(23)6-4-15/h3-8,13,19H,9-12,14H2,1-2H3,(H,24,27)(H,25,28). The van der Waals surface area contributed by atoms with Gasteiger partial charge in [-0.25, -0.2) is 4.39 Å². The molecule has 1 saturated heterocycles. The van der Waals surface area contributed by atoms with Gasteiger partial charge in [-0.2, -0.15) is 0 Å². The SMILES string of the molecule is COc1ccc(OC)c(NC(=O)C(=O)NCC(c2ccc(F)cc2)N2CCOCC2)c1. The third-order valence-corrected chi connectivity index (χ3v) is 5.06.